The Morgan fingerprint density at radius 1 is 1.08 bits per heavy atom. The van der Waals surface area contributed by atoms with E-state index in [4.69, 9.17) is 20.9 Å². The number of H-pyrrole nitrogens is 1. The summed E-state index contributed by atoms with van der Waals surface area (Å²) in [4.78, 5) is 18.5. The maximum atomic E-state index is 14.0. The zero-order valence-electron chi connectivity index (χ0n) is 18.5. The molecule has 1 N–H and O–H groups in total. The summed E-state index contributed by atoms with van der Waals surface area (Å²) < 4.78 is 53.3. The van der Waals surface area contributed by atoms with Gasteiger partial charge in [-0.1, -0.05) is 16.8 Å². The zero-order valence-corrected chi connectivity index (χ0v) is 20.0. The number of aromatic nitrogens is 3. The summed E-state index contributed by atoms with van der Waals surface area (Å²) in [6, 6.07) is 13.8. The number of halogens is 2. The van der Waals surface area contributed by atoms with Crippen molar-refractivity contribution in [2.24, 2.45) is 0 Å². The molecule has 5 aromatic rings. The molecule has 5 rings (SSSR count). The van der Waals surface area contributed by atoms with E-state index in [-0.39, 0.29) is 38.4 Å². The average molecular weight is 527 g/mol. The molecule has 0 radical (unpaired) electrons. The number of anilines is 2. The molecule has 2 aromatic carbocycles. The van der Waals surface area contributed by atoms with Crippen LogP contribution in [0.4, 0.5) is 15.9 Å². The van der Waals surface area contributed by atoms with E-state index in [9.17, 15) is 17.6 Å². The highest BCUT2D eigenvalue weighted by atomic mass is 35.5. The number of fused-ring (bicyclic) bond motifs is 1. The fourth-order valence-electron chi connectivity index (χ4n) is 3.69. The molecule has 0 bridgehead atoms. The van der Waals surface area contributed by atoms with Crippen molar-refractivity contribution in [1.29, 1.82) is 0 Å². The summed E-state index contributed by atoms with van der Waals surface area (Å²) in [7, 11) is -2.96. The number of aromatic amines is 1. The molecule has 12 heteroatoms. The predicted molar refractivity (Wildman–Crippen MR) is 132 cm³/mol. The van der Waals surface area contributed by atoms with E-state index in [2.05, 4.69) is 15.1 Å². The van der Waals surface area contributed by atoms with Gasteiger partial charge in [-0.3, -0.25) is 9.78 Å². The molecule has 0 saturated heterocycles. The first-order valence-electron chi connectivity index (χ1n) is 10.4. The van der Waals surface area contributed by atoms with Crippen LogP contribution in [0.15, 0.2) is 87.3 Å². The molecule has 0 unspecified atom stereocenters. The van der Waals surface area contributed by atoms with Crippen LogP contribution in [0.2, 0.25) is 5.02 Å². The molecule has 182 valence electrons. The fourth-order valence-corrected chi connectivity index (χ4v) is 5.38. The smallest absolute Gasteiger partial charge is 0.270 e. The summed E-state index contributed by atoms with van der Waals surface area (Å²) in [6.45, 7) is 0. The monoisotopic (exact) mass is 526 g/mol. The molecule has 9 nitrogen and oxygen atoms in total. The van der Waals surface area contributed by atoms with Crippen molar-refractivity contribution in [2.75, 3.05) is 11.4 Å². The van der Waals surface area contributed by atoms with Crippen molar-refractivity contribution in [2.45, 2.75) is 4.90 Å². The quantitative estimate of drug-likeness (QED) is 0.334. The van der Waals surface area contributed by atoms with Crippen LogP contribution in [-0.2, 0) is 10.0 Å². The maximum absolute atomic E-state index is 14.0. The molecule has 0 spiro atoms. The van der Waals surface area contributed by atoms with Crippen molar-refractivity contribution in [3.05, 3.63) is 94.3 Å². The van der Waals surface area contributed by atoms with Crippen molar-refractivity contribution >= 4 is 44.0 Å². The number of nitrogens with zero attached hydrogens (tertiary/aromatic N) is 3. The minimum atomic E-state index is -4.32. The third-order valence-corrected chi connectivity index (χ3v) is 7.24. The van der Waals surface area contributed by atoms with Gasteiger partial charge in [0.25, 0.3) is 10.0 Å². The SMILES string of the molecule is COc1cnc(-c2cc(F)cc(Cl)c2)cc1N(c1ccon1)S(=O)(=O)c1ccc2[nH]c(=O)ccc2c1. The number of pyridine rings is 2. The molecule has 0 aliphatic carbocycles. The highest BCUT2D eigenvalue weighted by Gasteiger charge is 2.32. The molecule has 0 aliphatic rings. The van der Waals surface area contributed by atoms with Crippen LogP contribution in [0.1, 0.15) is 0 Å². The molecule has 0 saturated carbocycles. The third-order valence-electron chi connectivity index (χ3n) is 5.31. The highest BCUT2D eigenvalue weighted by molar-refractivity contribution is 7.93. The first-order chi connectivity index (χ1) is 17.3. The van der Waals surface area contributed by atoms with Gasteiger partial charge in [-0.15, -0.1) is 0 Å². The molecular weight excluding hydrogens is 511 g/mol. The predicted octanol–water partition coefficient (Wildman–Crippen LogP) is 4.91. The lowest BCUT2D eigenvalue weighted by atomic mass is 10.1. The van der Waals surface area contributed by atoms with Gasteiger partial charge in [-0.2, -0.15) is 0 Å². The van der Waals surface area contributed by atoms with Gasteiger partial charge in [0.2, 0.25) is 5.56 Å². The first kappa shape index (κ1) is 23.5. The standard InChI is InChI=1S/C24H16ClFN4O5S/c1-34-22-13-27-20(15-8-16(25)11-17(26)9-15)12-21(22)30(23-6-7-35-29-23)36(32,33)18-3-4-19-14(10-18)2-5-24(31)28-19/h2-13H,1H3,(H,28,31). The van der Waals surface area contributed by atoms with Crippen LogP contribution < -0.4 is 14.6 Å². The summed E-state index contributed by atoms with van der Waals surface area (Å²) >= 11 is 6.01. The number of benzene rings is 2. The van der Waals surface area contributed by atoms with Gasteiger partial charge in [0, 0.05) is 28.2 Å². The molecule has 36 heavy (non-hydrogen) atoms. The van der Waals surface area contributed by atoms with Crippen LogP contribution in [0.5, 0.6) is 5.75 Å². The number of hydrogen-bond acceptors (Lipinski definition) is 7. The van der Waals surface area contributed by atoms with Crippen LogP contribution in [-0.4, -0.2) is 30.7 Å². The topological polar surface area (TPSA) is 118 Å². The minimum Gasteiger partial charge on any atom is -0.493 e. The van der Waals surface area contributed by atoms with E-state index in [1.54, 1.807) is 0 Å². The van der Waals surface area contributed by atoms with Crippen LogP contribution in [0.3, 0.4) is 0 Å². The number of hydrogen-bond donors (Lipinski definition) is 1. The summed E-state index contributed by atoms with van der Waals surface area (Å²) in [5, 5.41) is 4.49. The van der Waals surface area contributed by atoms with Crippen molar-refractivity contribution in [1.82, 2.24) is 15.1 Å². The Morgan fingerprint density at radius 2 is 1.92 bits per heavy atom. The second-order valence-corrected chi connectivity index (χ2v) is 9.82. The number of sulfonamides is 1. The van der Waals surface area contributed by atoms with Gasteiger partial charge < -0.3 is 14.2 Å². The lowest BCUT2D eigenvalue weighted by Crippen LogP contribution is -2.27. The van der Waals surface area contributed by atoms with E-state index in [0.717, 1.165) is 10.4 Å². The zero-order chi connectivity index (χ0) is 25.4. The molecule has 0 aliphatic heterocycles. The average Bonchev–Trinajstić information content (AvgIpc) is 3.37. The van der Waals surface area contributed by atoms with Crippen LogP contribution in [0.25, 0.3) is 22.2 Å². The van der Waals surface area contributed by atoms with E-state index in [1.165, 1.54) is 74.2 Å². The number of methoxy groups -OCH3 is 1. The maximum Gasteiger partial charge on any atom is 0.270 e. The fraction of sp³-hybridized carbons (Fsp3) is 0.0417. The first-order valence-corrected chi connectivity index (χ1v) is 12.2. The Hall–Kier alpha value is -4.22. The summed E-state index contributed by atoms with van der Waals surface area (Å²) in [6.07, 6.45) is 2.54. The van der Waals surface area contributed by atoms with Crippen LogP contribution in [0, 0.1) is 5.82 Å². The van der Waals surface area contributed by atoms with E-state index >= 15 is 0 Å². The Kier molecular flexibility index (Phi) is 5.94. The second kappa shape index (κ2) is 9.10. The number of nitrogens with one attached hydrogen (secondary N) is 1. The number of ether oxygens (including phenoxy) is 1. The molecular formula is C24H16ClFN4O5S. The Bertz CT molecular complexity index is 1740. The van der Waals surface area contributed by atoms with Gasteiger partial charge in [0.1, 0.15) is 17.8 Å². The molecule has 3 heterocycles. The molecule has 0 atom stereocenters. The molecule has 0 fully saturated rings. The Morgan fingerprint density at radius 3 is 2.64 bits per heavy atom. The van der Waals surface area contributed by atoms with Gasteiger partial charge in [0.15, 0.2) is 11.6 Å². The third kappa shape index (κ3) is 4.30. The number of rotatable bonds is 6. The minimum absolute atomic E-state index is 0.0516. The van der Waals surface area contributed by atoms with Crippen molar-refractivity contribution in [3.63, 3.8) is 0 Å². The van der Waals surface area contributed by atoms with Gasteiger partial charge in [0.05, 0.1) is 23.9 Å². The van der Waals surface area contributed by atoms with Crippen molar-refractivity contribution in [3.8, 4) is 17.0 Å². The summed E-state index contributed by atoms with van der Waals surface area (Å²) in [5.41, 5.74) is 0.788. The Labute approximate surface area is 208 Å². The van der Waals surface area contributed by atoms with E-state index in [1.807, 2.05) is 0 Å². The Balaban J connectivity index is 1.72. The van der Waals surface area contributed by atoms with E-state index < -0.39 is 15.8 Å². The lowest BCUT2D eigenvalue weighted by Gasteiger charge is -2.24. The van der Waals surface area contributed by atoms with Gasteiger partial charge in [-0.25, -0.2) is 17.1 Å². The molecule has 0 amide bonds. The lowest BCUT2D eigenvalue weighted by molar-refractivity contribution is 0.412. The van der Waals surface area contributed by atoms with Gasteiger partial charge in [-0.05, 0) is 53.9 Å². The second-order valence-electron chi connectivity index (χ2n) is 7.60. The van der Waals surface area contributed by atoms with Crippen molar-refractivity contribution < 1.29 is 22.1 Å². The largest absolute Gasteiger partial charge is 0.493 e. The van der Waals surface area contributed by atoms with Crippen LogP contribution >= 0.6 is 11.6 Å². The normalized spacial score (nSPS) is 11.5. The highest BCUT2D eigenvalue weighted by Crippen LogP contribution is 2.40. The van der Waals surface area contributed by atoms with Gasteiger partial charge >= 0.3 is 0 Å². The van der Waals surface area contributed by atoms with E-state index in [0.29, 0.717) is 16.5 Å². The molecule has 3 aromatic heterocycles. The summed E-state index contributed by atoms with van der Waals surface area (Å²) in [5.74, 6) is -0.519.